The summed E-state index contributed by atoms with van der Waals surface area (Å²) >= 11 is 0. The van der Waals surface area contributed by atoms with Gasteiger partial charge in [0.05, 0.1) is 6.07 Å². The van der Waals surface area contributed by atoms with Crippen molar-refractivity contribution in [2.45, 2.75) is 70.5 Å². The first-order valence-corrected chi connectivity index (χ1v) is 8.68. The van der Waals surface area contributed by atoms with E-state index in [1.165, 1.54) is 52.0 Å². The Bertz CT molecular complexity index is 362. The maximum Gasteiger partial charge on any atom is 0.104 e. The number of hydrogen-bond donors (Lipinski definition) is 1. The molecule has 0 spiro atoms. The molecule has 2 fully saturated rings. The molecular weight excluding hydrogens is 260 g/mol. The quantitative estimate of drug-likeness (QED) is 0.731. The van der Waals surface area contributed by atoms with Crippen molar-refractivity contribution in [1.29, 1.82) is 5.26 Å². The fourth-order valence-electron chi connectivity index (χ4n) is 3.87. The molecule has 21 heavy (non-hydrogen) atoms. The van der Waals surface area contributed by atoms with Crippen LogP contribution in [0.4, 0.5) is 0 Å². The van der Waals surface area contributed by atoms with Crippen LogP contribution in [0.25, 0.3) is 0 Å². The van der Waals surface area contributed by atoms with E-state index < -0.39 is 0 Å². The van der Waals surface area contributed by atoms with E-state index in [1.807, 2.05) is 6.92 Å². The molecule has 4 heteroatoms. The Morgan fingerprint density at radius 1 is 1.29 bits per heavy atom. The van der Waals surface area contributed by atoms with Crippen molar-refractivity contribution < 1.29 is 0 Å². The van der Waals surface area contributed by atoms with E-state index in [1.54, 1.807) is 0 Å². The number of hydrogen-bond acceptors (Lipinski definition) is 4. The van der Waals surface area contributed by atoms with Crippen molar-refractivity contribution in [3.63, 3.8) is 0 Å². The van der Waals surface area contributed by atoms with Crippen LogP contribution in [0.2, 0.25) is 0 Å². The highest BCUT2D eigenvalue weighted by Crippen LogP contribution is 2.22. The first-order valence-electron chi connectivity index (χ1n) is 8.68. The molecule has 2 aliphatic heterocycles. The third-order valence-corrected chi connectivity index (χ3v) is 4.93. The lowest BCUT2D eigenvalue weighted by Gasteiger charge is -2.37. The molecule has 2 aliphatic rings. The van der Waals surface area contributed by atoms with E-state index in [0.29, 0.717) is 6.04 Å². The molecule has 0 saturated carbocycles. The minimum absolute atomic E-state index is 0.363. The second-order valence-corrected chi connectivity index (χ2v) is 7.33. The molecule has 2 atom stereocenters. The lowest BCUT2D eigenvalue weighted by molar-refractivity contribution is 0.103. The monoisotopic (exact) mass is 292 g/mol. The summed E-state index contributed by atoms with van der Waals surface area (Å²) in [5, 5.41) is 12.7. The molecule has 0 aromatic carbocycles. The number of nitriles is 1. The van der Waals surface area contributed by atoms with Crippen LogP contribution in [0.5, 0.6) is 0 Å². The first kappa shape index (κ1) is 16.7. The normalized spacial score (nSPS) is 26.5. The van der Waals surface area contributed by atoms with Crippen molar-refractivity contribution in [2.24, 2.45) is 0 Å². The third kappa shape index (κ3) is 4.95. The predicted molar refractivity (Wildman–Crippen MR) is 87.2 cm³/mol. The molecule has 0 aromatic heterocycles. The van der Waals surface area contributed by atoms with Gasteiger partial charge >= 0.3 is 0 Å². The van der Waals surface area contributed by atoms with Crippen LogP contribution in [0.15, 0.2) is 0 Å². The van der Waals surface area contributed by atoms with Gasteiger partial charge < -0.3 is 4.90 Å². The fraction of sp³-hybridized carbons (Fsp3) is 0.941. The maximum atomic E-state index is 9.36. The Kier molecular flexibility index (Phi) is 6.04. The van der Waals surface area contributed by atoms with Gasteiger partial charge in [-0.2, -0.15) is 5.26 Å². The summed E-state index contributed by atoms with van der Waals surface area (Å²) in [7, 11) is 0. The van der Waals surface area contributed by atoms with Crippen LogP contribution >= 0.6 is 0 Å². The minimum atomic E-state index is -0.363. The van der Waals surface area contributed by atoms with Gasteiger partial charge in [-0.05, 0) is 66.0 Å². The van der Waals surface area contributed by atoms with Crippen LogP contribution in [0, 0.1) is 11.3 Å². The zero-order chi connectivity index (χ0) is 15.3. The first-order chi connectivity index (χ1) is 10.0. The minimum Gasteiger partial charge on any atom is -0.301 e. The zero-order valence-corrected chi connectivity index (χ0v) is 14.1. The molecule has 1 N–H and O–H groups in total. The van der Waals surface area contributed by atoms with E-state index in [4.69, 9.17) is 0 Å². The Hall–Kier alpha value is -0.630. The molecule has 0 bridgehead atoms. The topological polar surface area (TPSA) is 42.3 Å². The van der Waals surface area contributed by atoms with Crippen molar-refractivity contribution in [1.82, 2.24) is 15.1 Å². The molecule has 2 saturated heterocycles. The predicted octanol–water partition coefficient (Wildman–Crippen LogP) is 2.22. The molecule has 4 nitrogen and oxygen atoms in total. The summed E-state index contributed by atoms with van der Waals surface area (Å²) in [5.74, 6) is 0. The van der Waals surface area contributed by atoms with Gasteiger partial charge in [0.2, 0.25) is 0 Å². The highest BCUT2D eigenvalue weighted by molar-refractivity contribution is 5.04. The van der Waals surface area contributed by atoms with Gasteiger partial charge in [0.25, 0.3) is 0 Å². The average molecular weight is 292 g/mol. The van der Waals surface area contributed by atoms with Gasteiger partial charge in [-0.15, -0.1) is 0 Å². The largest absolute Gasteiger partial charge is 0.301 e. The van der Waals surface area contributed by atoms with Crippen LogP contribution in [-0.2, 0) is 0 Å². The fourth-order valence-corrected chi connectivity index (χ4v) is 3.87. The van der Waals surface area contributed by atoms with E-state index in [2.05, 4.69) is 35.0 Å². The van der Waals surface area contributed by atoms with E-state index in [-0.39, 0.29) is 5.54 Å². The Labute approximate surface area is 130 Å². The van der Waals surface area contributed by atoms with E-state index in [0.717, 1.165) is 18.9 Å². The third-order valence-electron chi connectivity index (χ3n) is 4.93. The van der Waals surface area contributed by atoms with Gasteiger partial charge in [0, 0.05) is 31.7 Å². The molecule has 2 unspecified atom stereocenters. The zero-order valence-electron chi connectivity index (χ0n) is 14.1. The summed E-state index contributed by atoms with van der Waals surface area (Å²) in [6, 6.07) is 3.64. The molecule has 0 radical (unpaired) electrons. The summed E-state index contributed by atoms with van der Waals surface area (Å²) in [5.41, 5.74) is -0.363. The van der Waals surface area contributed by atoms with Crippen LogP contribution < -0.4 is 5.32 Å². The van der Waals surface area contributed by atoms with Crippen molar-refractivity contribution in [3.8, 4) is 6.07 Å². The molecule has 2 rings (SSSR count). The molecule has 2 heterocycles. The van der Waals surface area contributed by atoms with Gasteiger partial charge in [0.1, 0.15) is 5.54 Å². The molecule has 120 valence electrons. The Morgan fingerprint density at radius 2 is 2.10 bits per heavy atom. The van der Waals surface area contributed by atoms with Gasteiger partial charge in [-0.3, -0.25) is 10.2 Å². The summed E-state index contributed by atoms with van der Waals surface area (Å²) in [6.45, 7) is 12.5. The number of nitrogens with zero attached hydrogens (tertiary/aromatic N) is 3. The van der Waals surface area contributed by atoms with Crippen LogP contribution in [0.3, 0.4) is 0 Å². The SMILES string of the molecule is CC(C)NC(C)(C#N)CCCCN1CCN2CCCC2C1. The van der Waals surface area contributed by atoms with Crippen molar-refractivity contribution >= 4 is 0 Å². The number of unbranched alkanes of at least 4 members (excludes halogenated alkanes) is 1. The lowest BCUT2D eigenvalue weighted by atomic mass is 9.95. The summed E-state index contributed by atoms with van der Waals surface area (Å²) in [6.07, 6.45) is 6.07. The van der Waals surface area contributed by atoms with Gasteiger partial charge in [-0.25, -0.2) is 0 Å². The Morgan fingerprint density at radius 3 is 2.81 bits per heavy atom. The lowest BCUT2D eigenvalue weighted by Crippen LogP contribution is -2.50. The standard InChI is InChI=1S/C17H32N4/c1-15(2)19-17(3,14-18)8-4-5-9-20-11-12-21-10-6-7-16(21)13-20/h15-16,19H,4-13H2,1-3H3. The maximum absolute atomic E-state index is 9.36. The molecule has 0 amide bonds. The number of piperazine rings is 1. The van der Waals surface area contributed by atoms with E-state index >= 15 is 0 Å². The smallest absolute Gasteiger partial charge is 0.104 e. The number of nitrogens with one attached hydrogen (secondary N) is 1. The van der Waals surface area contributed by atoms with Crippen molar-refractivity contribution in [3.05, 3.63) is 0 Å². The highest BCUT2D eigenvalue weighted by Gasteiger charge is 2.30. The van der Waals surface area contributed by atoms with Crippen molar-refractivity contribution in [2.75, 3.05) is 32.7 Å². The molecular formula is C17H32N4. The van der Waals surface area contributed by atoms with E-state index in [9.17, 15) is 5.26 Å². The molecule has 0 aromatic rings. The Balaban J connectivity index is 1.64. The number of fused-ring (bicyclic) bond motifs is 1. The second-order valence-electron chi connectivity index (χ2n) is 7.33. The molecule has 0 aliphatic carbocycles. The van der Waals surface area contributed by atoms with Crippen LogP contribution in [-0.4, -0.2) is 60.1 Å². The second kappa shape index (κ2) is 7.58. The van der Waals surface area contributed by atoms with Gasteiger partial charge in [0.15, 0.2) is 0 Å². The summed E-state index contributed by atoms with van der Waals surface area (Å²) < 4.78 is 0. The highest BCUT2D eigenvalue weighted by atomic mass is 15.3. The van der Waals surface area contributed by atoms with Gasteiger partial charge in [-0.1, -0.05) is 0 Å². The average Bonchev–Trinajstić information content (AvgIpc) is 2.90. The number of rotatable bonds is 7. The summed E-state index contributed by atoms with van der Waals surface area (Å²) in [4.78, 5) is 5.29. The van der Waals surface area contributed by atoms with Crippen LogP contribution in [0.1, 0.15) is 52.9 Å².